The summed E-state index contributed by atoms with van der Waals surface area (Å²) in [6.07, 6.45) is 1.83. The number of carbonyl (C=O) groups excluding carboxylic acids is 1. The number of ether oxygens (including phenoxy) is 1. The van der Waals surface area contributed by atoms with E-state index in [0.29, 0.717) is 12.1 Å². The van der Waals surface area contributed by atoms with Crippen molar-refractivity contribution >= 4 is 16.8 Å². The highest BCUT2D eigenvalue weighted by atomic mass is 16.5. The lowest BCUT2D eigenvalue weighted by Crippen LogP contribution is -2.26. The molecule has 0 bridgehead atoms. The second-order valence-electron chi connectivity index (χ2n) is 7.53. The molecule has 30 heavy (non-hydrogen) atoms. The van der Waals surface area contributed by atoms with Crippen LogP contribution in [0, 0.1) is 6.92 Å². The third-order valence-corrected chi connectivity index (χ3v) is 5.30. The van der Waals surface area contributed by atoms with Crippen LogP contribution < -0.4 is 10.1 Å². The minimum atomic E-state index is -0.0981. The second-order valence-corrected chi connectivity index (χ2v) is 7.53. The van der Waals surface area contributed by atoms with E-state index in [1.165, 1.54) is 5.56 Å². The smallest absolute Gasteiger partial charge is 0.251 e. The Kier molecular flexibility index (Phi) is 5.53. The van der Waals surface area contributed by atoms with E-state index in [1.807, 2.05) is 72.4 Å². The molecule has 4 aromatic rings. The van der Waals surface area contributed by atoms with Gasteiger partial charge >= 0.3 is 0 Å². The van der Waals surface area contributed by atoms with Gasteiger partial charge in [0.2, 0.25) is 0 Å². The highest BCUT2D eigenvalue weighted by Gasteiger charge is 2.13. The summed E-state index contributed by atoms with van der Waals surface area (Å²) in [7, 11) is 1.66. The van der Waals surface area contributed by atoms with Crippen LogP contribution in [-0.2, 0) is 6.54 Å². The number of aromatic nitrogens is 2. The largest absolute Gasteiger partial charge is 0.497 e. The average molecular weight is 399 g/mol. The molecule has 0 aliphatic rings. The van der Waals surface area contributed by atoms with Crippen molar-refractivity contribution in [2.45, 2.75) is 26.4 Å². The fraction of sp³-hybridized carbons (Fsp3) is 0.200. The van der Waals surface area contributed by atoms with E-state index < -0.39 is 0 Å². The summed E-state index contributed by atoms with van der Waals surface area (Å²) in [4.78, 5) is 12.9. The lowest BCUT2D eigenvalue weighted by molar-refractivity contribution is 0.0940. The van der Waals surface area contributed by atoms with E-state index in [-0.39, 0.29) is 11.9 Å². The summed E-state index contributed by atoms with van der Waals surface area (Å²) >= 11 is 0. The van der Waals surface area contributed by atoms with Crippen molar-refractivity contribution in [3.05, 3.63) is 95.2 Å². The maximum absolute atomic E-state index is 12.9. The Morgan fingerprint density at radius 3 is 2.67 bits per heavy atom. The predicted octanol–water partition coefficient (Wildman–Crippen LogP) is 4.89. The van der Waals surface area contributed by atoms with Crippen molar-refractivity contribution in [2.75, 3.05) is 7.11 Å². The van der Waals surface area contributed by atoms with Gasteiger partial charge in [0.15, 0.2) is 0 Å². The van der Waals surface area contributed by atoms with Crippen LogP contribution in [0.3, 0.4) is 0 Å². The standard InChI is InChI=1S/C25H25N3O2/c1-17-7-9-20(10-8-17)18(2)27-25(29)21-11-12-22-15-26-28(24(22)14-21)16-19-5-4-6-23(13-19)30-3/h4-15,18H,16H2,1-3H3,(H,27,29)/t18-/m1/s1. The van der Waals surface area contributed by atoms with Gasteiger partial charge in [0.05, 0.1) is 31.4 Å². The van der Waals surface area contributed by atoms with Crippen LogP contribution in [0.5, 0.6) is 5.75 Å². The first-order valence-corrected chi connectivity index (χ1v) is 9.99. The zero-order chi connectivity index (χ0) is 21.1. The Labute approximate surface area is 176 Å². The van der Waals surface area contributed by atoms with Gasteiger partial charge in [-0.05, 0) is 49.2 Å². The molecular formula is C25H25N3O2. The van der Waals surface area contributed by atoms with Crippen molar-refractivity contribution in [1.29, 1.82) is 0 Å². The summed E-state index contributed by atoms with van der Waals surface area (Å²) in [6.45, 7) is 4.65. The van der Waals surface area contributed by atoms with Crippen molar-refractivity contribution in [1.82, 2.24) is 15.1 Å². The number of nitrogens with one attached hydrogen (secondary N) is 1. The lowest BCUT2D eigenvalue weighted by Gasteiger charge is -2.15. The number of amides is 1. The summed E-state index contributed by atoms with van der Waals surface area (Å²) in [5, 5.41) is 8.60. The zero-order valence-corrected chi connectivity index (χ0v) is 17.4. The first-order chi connectivity index (χ1) is 14.5. The van der Waals surface area contributed by atoms with Crippen molar-refractivity contribution in [2.24, 2.45) is 0 Å². The Bertz CT molecular complexity index is 1180. The fourth-order valence-electron chi connectivity index (χ4n) is 3.50. The molecule has 1 aromatic heterocycles. The van der Waals surface area contributed by atoms with E-state index in [4.69, 9.17) is 4.74 Å². The third kappa shape index (κ3) is 4.20. The van der Waals surface area contributed by atoms with Gasteiger partial charge in [-0.2, -0.15) is 5.10 Å². The van der Waals surface area contributed by atoms with Gasteiger partial charge in [-0.15, -0.1) is 0 Å². The highest BCUT2D eigenvalue weighted by Crippen LogP contribution is 2.20. The van der Waals surface area contributed by atoms with Crippen LogP contribution in [0.15, 0.2) is 72.9 Å². The van der Waals surface area contributed by atoms with E-state index in [9.17, 15) is 4.79 Å². The number of benzene rings is 3. The molecule has 0 saturated heterocycles. The number of nitrogens with zero attached hydrogens (tertiary/aromatic N) is 2. The topological polar surface area (TPSA) is 56.2 Å². The summed E-state index contributed by atoms with van der Waals surface area (Å²) in [5.41, 5.74) is 4.91. The summed E-state index contributed by atoms with van der Waals surface area (Å²) < 4.78 is 7.22. The number of carbonyl (C=O) groups is 1. The minimum Gasteiger partial charge on any atom is -0.497 e. The molecule has 1 atom stereocenters. The predicted molar refractivity (Wildman–Crippen MR) is 119 cm³/mol. The molecule has 0 aliphatic heterocycles. The molecule has 0 aliphatic carbocycles. The van der Waals surface area contributed by atoms with E-state index in [1.54, 1.807) is 7.11 Å². The quantitative estimate of drug-likeness (QED) is 0.502. The minimum absolute atomic E-state index is 0.0736. The van der Waals surface area contributed by atoms with Crippen molar-refractivity contribution in [3.63, 3.8) is 0 Å². The molecule has 1 amide bonds. The molecule has 5 nitrogen and oxygen atoms in total. The maximum Gasteiger partial charge on any atom is 0.251 e. The molecule has 0 unspecified atom stereocenters. The number of methoxy groups -OCH3 is 1. The Balaban J connectivity index is 1.55. The van der Waals surface area contributed by atoms with Gasteiger partial charge in [-0.1, -0.05) is 48.0 Å². The SMILES string of the molecule is COc1cccc(Cn2ncc3ccc(C(=O)N[C@H](C)c4ccc(C)cc4)cc32)c1. The van der Waals surface area contributed by atoms with Crippen LogP contribution in [0.2, 0.25) is 0 Å². The monoisotopic (exact) mass is 399 g/mol. The molecule has 0 spiro atoms. The second kappa shape index (κ2) is 8.41. The van der Waals surface area contributed by atoms with E-state index >= 15 is 0 Å². The summed E-state index contributed by atoms with van der Waals surface area (Å²) in [5.74, 6) is 0.716. The van der Waals surface area contributed by atoms with Crippen LogP contribution in [-0.4, -0.2) is 22.8 Å². The first kappa shape index (κ1) is 19.7. The molecule has 0 saturated carbocycles. The molecule has 0 radical (unpaired) electrons. The maximum atomic E-state index is 12.9. The van der Waals surface area contributed by atoms with Crippen LogP contribution in [0.4, 0.5) is 0 Å². The molecule has 1 heterocycles. The first-order valence-electron chi connectivity index (χ1n) is 9.99. The zero-order valence-electron chi connectivity index (χ0n) is 17.4. The van der Waals surface area contributed by atoms with Gasteiger partial charge in [0.25, 0.3) is 5.91 Å². The molecule has 152 valence electrons. The fourth-order valence-corrected chi connectivity index (χ4v) is 3.50. The normalized spacial score (nSPS) is 12.0. The number of rotatable bonds is 6. The van der Waals surface area contributed by atoms with Gasteiger partial charge in [-0.3, -0.25) is 9.48 Å². The lowest BCUT2D eigenvalue weighted by atomic mass is 10.1. The summed E-state index contributed by atoms with van der Waals surface area (Å²) in [6, 6.07) is 21.7. The number of fused-ring (bicyclic) bond motifs is 1. The Morgan fingerprint density at radius 1 is 1.10 bits per heavy atom. The van der Waals surface area contributed by atoms with Gasteiger partial charge in [0, 0.05) is 10.9 Å². The van der Waals surface area contributed by atoms with Gasteiger partial charge in [-0.25, -0.2) is 0 Å². The van der Waals surface area contributed by atoms with Crippen molar-refractivity contribution in [3.8, 4) is 5.75 Å². The Morgan fingerprint density at radius 2 is 1.90 bits per heavy atom. The molecule has 1 N–H and O–H groups in total. The van der Waals surface area contributed by atoms with Gasteiger partial charge < -0.3 is 10.1 Å². The number of hydrogen-bond acceptors (Lipinski definition) is 3. The molecule has 5 heteroatoms. The number of hydrogen-bond donors (Lipinski definition) is 1. The van der Waals surface area contributed by atoms with E-state index in [2.05, 4.69) is 29.5 Å². The van der Waals surface area contributed by atoms with Crippen molar-refractivity contribution < 1.29 is 9.53 Å². The molecular weight excluding hydrogens is 374 g/mol. The third-order valence-electron chi connectivity index (χ3n) is 5.30. The molecule has 3 aromatic carbocycles. The Hall–Kier alpha value is -3.60. The average Bonchev–Trinajstić information content (AvgIpc) is 3.16. The van der Waals surface area contributed by atoms with Gasteiger partial charge in [0.1, 0.15) is 5.75 Å². The number of aryl methyl sites for hydroxylation is 1. The van der Waals surface area contributed by atoms with Crippen LogP contribution >= 0.6 is 0 Å². The van der Waals surface area contributed by atoms with Crippen LogP contribution in [0.1, 0.15) is 40.0 Å². The highest BCUT2D eigenvalue weighted by molar-refractivity contribution is 5.98. The molecule has 0 fully saturated rings. The van der Waals surface area contributed by atoms with E-state index in [0.717, 1.165) is 27.8 Å². The molecule has 4 rings (SSSR count). The van der Waals surface area contributed by atoms with Crippen LogP contribution in [0.25, 0.3) is 10.9 Å².